The monoisotopic (exact) mass is 286 g/mol. The predicted molar refractivity (Wildman–Crippen MR) is 59.0 cm³/mol. The molecule has 0 atom stereocenters. The molecule has 0 saturated carbocycles. The third-order valence-corrected chi connectivity index (χ3v) is 2.31. The second-order valence-corrected chi connectivity index (χ2v) is 3.35. The molecular formula is C8H6N4O8. The highest BCUT2D eigenvalue weighted by Crippen LogP contribution is 2.30. The van der Waals surface area contributed by atoms with Crippen LogP contribution >= 0.6 is 0 Å². The Balaban J connectivity index is 3.73. The molecule has 0 radical (unpaired) electrons. The maximum atomic E-state index is 11.1. The first-order valence-electron chi connectivity index (χ1n) is 4.78. The van der Waals surface area contributed by atoms with Crippen LogP contribution in [0.25, 0.3) is 0 Å². The summed E-state index contributed by atoms with van der Waals surface area (Å²) >= 11 is 0. The van der Waals surface area contributed by atoms with Gasteiger partial charge in [-0.25, -0.2) is 14.9 Å². The van der Waals surface area contributed by atoms with Gasteiger partial charge in [0.25, 0.3) is 0 Å². The van der Waals surface area contributed by atoms with Gasteiger partial charge in [0.15, 0.2) is 5.03 Å². The van der Waals surface area contributed by atoms with Crippen molar-refractivity contribution >= 4 is 6.09 Å². The Morgan fingerprint density at radius 3 is 1.80 bits per heavy atom. The average molecular weight is 286 g/mol. The Bertz CT molecular complexity index is 545. The molecule has 0 unspecified atom stereocenters. The largest absolute Gasteiger partial charge is 0.629 e. The van der Waals surface area contributed by atoms with Gasteiger partial charge in [0.05, 0.1) is 0 Å². The fraction of sp³-hybridized carbons (Fsp3) is 0.125. The first kappa shape index (κ1) is 14.7. The molecule has 1 aromatic carbocycles. The number of amides is 1. The van der Waals surface area contributed by atoms with Crippen molar-refractivity contribution in [2.75, 3.05) is 0 Å². The summed E-state index contributed by atoms with van der Waals surface area (Å²) in [7, 11) is 0. The summed E-state index contributed by atoms with van der Waals surface area (Å²) in [6.07, 6.45) is -2.44. The standard InChI is InChI=1S/C8H6N4O8/c13-7(14)9(12(19)20)8(10(15)16,11(17)18)6-4-2-1-3-5-6/h1-5H,(H,13,14). The SMILES string of the molecule is O=C(O)N([N+](=O)[O-])C(c1ccccc1)([N+](=O)[O-])[N+](=O)[O-]. The average Bonchev–Trinajstić information content (AvgIpc) is 2.34. The molecule has 1 aromatic rings. The van der Waals surface area contributed by atoms with E-state index in [1.54, 1.807) is 0 Å². The van der Waals surface area contributed by atoms with Crippen LogP contribution in [-0.4, -0.2) is 31.1 Å². The van der Waals surface area contributed by atoms with E-state index in [9.17, 15) is 35.1 Å². The molecular weight excluding hydrogens is 280 g/mol. The number of benzene rings is 1. The summed E-state index contributed by atoms with van der Waals surface area (Å²) < 4.78 is 0. The van der Waals surface area contributed by atoms with E-state index in [2.05, 4.69) is 0 Å². The van der Waals surface area contributed by atoms with Gasteiger partial charge in [0, 0.05) is 0 Å². The molecule has 0 aliphatic carbocycles. The number of hydrogen-bond acceptors (Lipinski definition) is 7. The summed E-state index contributed by atoms with van der Waals surface area (Å²) in [5.41, 5.74) is -0.769. The quantitative estimate of drug-likeness (QED) is 0.463. The van der Waals surface area contributed by atoms with Gasteiger partial charge in [-0.1, -0.05) is 18.2 Å². The van der Waals surface area contributed by atoms with Crippen molar-refractivity contribution < 1.29 is 24.8 Å². The Morgan fingerprint density at radius 1 is 1.05 bits per heavy atom. The molecule has 0 aromatic heterocycles. The van der Waals surface area contributed by atoms with Gasteiger partial charge >= 0.3 is 11.9 Å². The molecule has 1 amide bonds. The summed E-state index contributed by atoms with van der Waals surface area (Å²) in [4.78, 5) is 40.4. The van der Waals surface area contributed by atoms with Crippen LogP contribution in [-0.2, 0) is 5.79 Å². The molecule has 12 nitrogen and oxygen atoms in total. The van der Waals surface area contributed by atoms with Crippen LogP contribution in [0.1, 0.15) is 5.56 Å². The second-order valence-electron chi connectivity index (χ2n) is 3.35. The number of nitrogens with zero attached hydrogens (tertiary/aromatic N) is 4. The van der Waals surface area contributed by atoms with Crippen LogP contribution in [0.5, 0.6) is 0 Å². The number of carboxylic acid groups (broad SMARTS) is 1. The van der Waals surface area contributed by atoms with Crippen molar-refractivity contribution in [3.63, 3.8) is 0 Å². The smallest absolute Gasteiger partial charge is 0.461 e. The lowest BCUT2D eigenvalue weighted by Crippen LogP contribution is -2.61. The minimum atomic E-state index is -3.77. The van der Waals surface area contributed by atoms with Crippen LogP contribution in [0.2, 0.25) is 0 Å². The van der Waals surface area contributed by atoms with Gasteiger partial charge < -0.3 is 5.11 Å². The molecule has 0 spiro atoms. The highest BCUT2D eigenvalue weighted by atomic mass is 16.7. The third kappa shape index (κ3) is 2.05. The van der Waals surface area contributed by atoms with Crippen molar-refractivity contribution in [2.45, 2.75) is 5.79 Å². The zero-order valence-corrected chi connectivity index (χ0v) is 9.48. The first-order valence-corrected chi connectivity index (χ1v) is 4.78. The van der Waals surface area contributed by atoms with Crippen LogP contribution in [0, 0.1) is 30.3 Å². The van der Waals surface area contributed by atoms with E-state index < -0.39 is 37.3 Å². The lowest BCUT2D eigenvalue weighted by atomic mass is 10.1. The zero-order chi connectivity index (χ0) is 15.5. The molecule has 0 aliphatic heterocycles. The van der Waals surface area contributed by atoms with Crippen LogP contribution in [0.3, 0.4) is 0 Å². The topological polar surface area (TPSA) is 170 Å². The maximum absolute atomic E-state index is 11.1. The van der Waals surface area contributed by atoms with Crippen molar-refractivity contribution in [1.82, 2.24) is 5.01 Å². The van der Waals surface area contributed by atoms with Gasteiger partial charge in [-0.2, -0.15) is 0 Å². The maximum Gasteiger partial charge on any atom is 0.629 e. The van der Waals surface area contributed by atoms with Gasteiger partial charge in [-0.3, -0.25) is 20.2 Å². The molecule has 106 valence electrons. The van der Waals surface area contributed by atoms with Crippen LogP contribution in [0.15, 0.2) is 30.3 Å². The van der Waals surface area contributed by atoms with E-state index >= 15 is 0 Å². The number of nitro groups is 3. The number of hydrogen-bond donors (Lipinski definition) is 1. The molecule has 20 heavy (non-hydrogen) atoms. The van der Waals surface area contributed by atoms with Crippen molar-refractivity contribution in [3.05, 3.63) is 66.2 Å². The van der Waals surface area contributed by atoms with Gasteiger partial charge in [-0.05, 0) is 12.1 Å². The summed E-state index contributed by atoms with van der Waals surface area (Å²) in [6.45, 7) is 0. The summed E-state index contributed by atoms with van der Waals surface area (Å²) in [6, 6.07) is 5.36. The van der Waals surface area contributed by atoms with E-state index in [1.165, 1.54) is 6.07 Å². The normalized spacial score (nSPS) is 10.6. The van der Waals surface area contributed by atoms with Crippen LogP contribution in [0.4, 0.5) is 4.79 Å². The summed E-state index contributed by atoms with van der Waals surface area (Å²) in [5.74, 6) is -3.77. The lowest BCUT2D eigenvalue weighted by molar-refractivity contribution is -0.901. The van der Waals surface area contributed by atoms with Crippen LogP contribution < -0.4 is 0 Å². The van der Waals surface area contributed by atoms with Crippen molar-refractivity contribution in [3.8, 4) is 0 Å². The highest BCUT2D eigenvalue weighted by molar-refractivity contribution is 5.64. The fourth-order valence-corrected chi connectivity index (χ4v) is 1.53. The van der Waals surface area contributed by atoms with Crippen molar-refractivity contribution in [2.24, 2.45) is 0 Å². The van der Waals surface area contributed by atoms with Crippen molar-refractivity contribution in [1.29, 1.82) is 0 Å². The molecule has 12 heteroatoms. The van der Waals surface area contributed by atoms with E-state index in [1.807, 2.05) is 0 Å². The first-order chi connectivity index (χ1) is 9.26. The Morgan fingerprint density at radius 2 is 1.50 bits per heavy atom. The predicted octanol–water partition coefficient (Wildman–Crippen LogP) is 0.522. The van der Waals surface area contributed by atoms with E-state index in [0.717, 1.165) is 24.3 Å². The molecule has 1 N–H and O–H groups in total. The Hall–Kier alpha value is -3.31. The minimum absolute atomic E-state index is 0.769. The molecule has 0 saturated heterocycles. The number of rotatable bonds is 5. The molecule has 0 aliphatic rings. The number of hydrazine groups is 1. The molecule has 0 heterocycles. The van der Waals surface area contributed by atoms with E-state index in [-0.39, 0.29) is 0 Å². The van der Waals surface area contributed by atoms with E-state index in [0.29, 0.717) is 0 Å². The van der Waals surface area contributed by atoms with E-state index in [4.69, 9.17) is 5.11 Å². The Labute approximate surface area is 109 Å². The molecule has 1 rings (SSSR count). The number of carbonyl (C=O) groups is 1. The second kappa shape index (κ2) is 5.13. The van der Waals surface area contributed by atoms with Gasteiger partial charge in [0.2, 0.25) is 0 Å². The zero-order valence-electron chi connectivity index (χ0n) is 9.48. The fourth-order valence-electron chi connectivity index (χ4n) is 1.53. The minimum Gasteiger partial charge on any atom is -0.461 e. The lowest BCUT2D eigenvalue weighted by Gasteiger charge is -2.19. The van der Waals surface area contributed by atoms with Gasteiger partial charge in [-0.15, -0.1) is 0 Å². The highest BCUT2D eigenvalue weighted by Gasteiger charge is 2.73. The molecule has 0 bridgehead atoms. The molecule has 0 fully saturated rings. The Kier molecular flexibility index (Phi) is 3.78. The third-order valence-electron chi connectivity index (χ3n) is 2.31. The van der Waals surface area contributed by atoms with Gasteiger partial charge in [0.1, 0.15) is 20.4 Å². The summed E-state index contributed by atoms with van der Waals surface area (Å²) in [5, 5.41) is 38.8.